The highest BCUT2D eigenvalue weighted by molar-refractivity contribution is 7.80. The fourth-order valence-electron chi connectivity index (χ4n) is 1.72. The fourth-order valence-corrected chi connectivity index (χ4v) is 2.07. The van der Waals surface area contributed by atoms with E-state index in [1.165, 1.54) is 0 Å². The standard InChI is InChI=1S/C14H22N4O2S2/c1-4-15-13(21)17-18-14(22)16-8-7-10-5-6-11(19-2)12(9-10)20-3/h5-6,9H,4,7-8H2,1-3H3,(H2,15,17,21)(H2,16,18,22). The zero-order chi connectivity index (χ0) is 16.4. The van der Waals surface area contributed by atoms with Crippen LogP contribution in [0.5, 0.6) is 11.5 Å². The van der Waals surface area contributed by atoms with Crippen molar-refractivity contribution >= 4 is 34.7 Å². The Kier molecular flexibility index (Phi) is 8.31. The molecule has 0 aliphatic rings. The molecule has 6 nitrogen and oxygen atoms in total. The largest absolute Gasteiger partial charge is 0.493 e. The maximum atomic E-state index is 5.28. The van der Waals surface area contributed by atoms with E-state index in [0.29, 0.717) is 16.8 Å². The molecule has 4 N–H and O–H groups in total. The molecule has 0 unspecified atom stereocenters. The zero-order valence-corrected chi connectivity index (χ0v) is 14.6. The summed E-state index contributed by atoms with van der Waals surface area (Å²) < 4.78 is 10.5. The van der Waals surface area contributed by atoms with E-state index in [2.05, 4.69) is 21.5 Å². The van der Waals surface area contributed by atoms with Crippen molar-refractivity contribution in [1.82, 2.24) is 21.5 Å². The van der Waals surface area contributed by atoms with Crippen molar-refractivity contribution < 1.29 is 9.47 Å². The van der Waals surface area contributed by atoms with Crippen LogP contribution >= 0.6 is 24.4 Å². The molecule has 1 aromatic carbocycles. The number of ether oxygens (including phenoxy) is 2. The van der Waals surface area contributed by atoms with Gasteiger partial charge in [-0.2, -0.15) is 0 Å². The zero-order valence-electron chi connectivity index (χ0n) is 13.0. The molecule has 22 heavy (non-hydrogen) atoms. The Morgan fingerprint density at radius 3 is 2.23 bits per heavy atom. The van der Waals surface area contributed by atoms with Crippen molar-refractivity contribution in [2.75, 3.05) is 27.3 Å². The minimum atomic E-state index is 0.487. The van der Waals surface area contributed by atoms with E-state index in [9.17, 15) is 0 Å². The molecule has 0 bridgehead atoms. The van der Waals surface area contributed by atoms with Crippen LogP contribution in [0.3, 0.4) is 0 Å². The summed E-state index contributed by atoms with van der Waals surface area (Å²) in [5, 5.41) is 7.04. The predicted molar refractivity (Wildman–Crippen MR) is 96.4 cm³/mol. The number of hydrogen-bond acceptors (Lipinski definition) is 4. The highest BCUT2D eigenvalue weighted by Gasteiger charge is 2.04. The summed E-state index contributed by atoms with van der Waals surface area (Å²) in [5.74, 6) is 1.44. The van der Waals surface area contributed by atoms with Crippen molar-refractivity contribution in [1.29, 1.82) is 0 Å². The lowest BCUT2D eigenvalue weighted by Gasteiger charge is -2.14. The molecule has 0 atom stereocenters. The van der Waals surface area contributed by atoms with Crippen molar-refractivity contribution in [3.05, 3.63) is 23.8 Å². The minimum absolute atomic E-state index is 0.487. The highest BCUT2D eigenvalue weighted by Crippen LogP contribution is 2.27. The number of methoxy groups -OCH3 is 2. The van der Waals surface area contributed by atoms with Crippen molar-refractivity contribution in [2.45, 2.75) is 13.3 Å². The average molecular weight is 342 g/mol. The number of nitrogens with one attached hydrogen (secondary N) is 4. The molecule has 0 aliphatic heterocycles. The van der Waals surface area contributed by atoms with E-state index in [1.54, 1.807) is 14.2 Å². The summed E-state index contributed by atoms with van der Waals surface area (Å²) in [6.07, 6.45) is 0.805. The van der Waals surface area contributed by atoms with E-state index in [-0.39, 0.29) is 0 Å². The van der Waals surface area contributed by atoms with Gasteiger partial charge in [0.25, 0.3) is 0 Å². The van der Waals surface area contributed by atoms with E-state index >= 15 is 0 Å². The molecular formula is C14H22N4O2S2. The lowest BCUT2D eigenvalue weighted by atomic mass is 10.1. The van der Waals surface area contributed by atoms with Gasteiger partial charge in [0.05, 0.1) is 14.2 Å². The van der Waals surface area contributed by atoms with Gasteiger partial charge < -0.3 is 20.1 Å². The van der Waals surface area contributed by atoms with Gasteiger partial charge in [-0.3, -0.25) is 10.9 Å². The van der Waals surface area contributed by atoms with Crippen LogP contribution in [0.1, 0.15) is 12.5 Å². The third-order valence-electron chi connectivity index (χ3n) is 2.77. The van der Waals surface area contributed by atoms with Crippen LogP contribution in [0.15, 0.2) is 18.2 Å². The van der Waals surface area contributed by atoms with Gasteiger partial charge in [-0.15, -0.1) is 0 Å². The number of benzene rings is 1. The molecule has 0 spiro atoms. The molecule has 122 valence electrons. The molecule has 0 aliphatic carbocycles. The molecule has 8 heteroatoms. The summed E-state index contributed by atoms with van der Waals surface area (Å²) >= 11 is 10.2. The molecule has 1 rings (SSSR count). The Balaban J connectivity index is 2.34. The Morgan fingerprint density at radius 2 is 1.64 bits per heavy atom. The second kappa shape index (κ2) is 10.0. The maximum absolute atomic E-state index is 5.28. The topological polar surface area (TPSA) is 66.6 Å². The Hall–Kier alpha value is -1.80. The summed E-state index contributed by atoms with van der Waals surface area (Å²) in [6.45, 7) is 3.41. The molecule has 0 aromatic heterocycles. The smallest absolute Gasteiger partial charge is 0.185 e. The van der Waals surface area contributed by atoms with Crippen LogP contribution in [0.2, 0.25) is 0 Å². The van der Waals surface area contributed by atoms with Crippen molar-refractivity contribution in [2.24, 2.45) is 0 Å². The third-order valence-corrected chi connectivity index (χ3v) is 3.27. The molecule has 0 radical (unpaired) electrons. The lowest BCUT2D eigenvalue weighted by molar-refractivity contribution is 0.354. The first-order chi connectivity index (χ1) is 10.6. The molecular weight excluding hydrogens is 320 g/mol. The van der Waals surface area contributed by atoms with E-state index < -0.39 is 0 Å². The molecule has 0 saturated heterocycles. The van der Waals surface area contributed by atoms with Gasteiger partial charge in [0, 0.05) is 13.1 Å². The Morgan fingerprint density at radius 1 is 1.00 bits per heavy atom. The van der Waals surface area contributed by atoms with E-state index in [4.69, 9.17) is 33.9 Å². The van der Waals surface area contributed by atoms with Gasteiger partial charge in [-0.25, -0.2) is 0 Å². The molecule has 0 saturated carbocycles. The number of hydrogen-bond donors (Lipinski definition) is 4. The van der Waals surface area contributed by atoms with Crippen LogP contribution in [0.4, 0.5) is 0 Å². The predicted octanol–water partition coefficient (Wildman–Crippen LogP) is 1.11. The number of rotatable bonds is 6. The second-order valence-electron chi connectivity index (χ2n) is 4.30. The van der Waals surface area contributed by atoms with Crippen molar-refractivity contribution in [3.63, 3.8) is 0 Å². The summed E-state index contributed by atoms with van der Waals surface area (Å²) in [5.41, 5.74) is 6.74. The van der Waals surface area contributed by atoms with Crippen LogP contribution in [-0.2, 0) is 6.42 Å². The lowest BCUT2D eigenvalue weighted by Crippen LogP contribution is -2.50. The Labute approximate surface area is 141 Å². The molecule has 1 aromatic rings. The van der Waals surface area contributed by atoms with Gasteiger partial charge in [-0.1, -0.05) is 6.07 Å². The summed E-state index contributed by atoms with van der Waals surface area (Å²) in [4.78, 5) is 0. The monoisotopic (exact) mass is 342 g/mol. The normalized spacial score (nSPS) is 9.59. The highest BCUT2D eigenvalue weighted by atomic mass is 32.1. The minimum Gasteiger partial charge on any atom is -0.493 e. The first-order valence-corrected chi connectivity index (χ1v) is 7.71. The van der Waals surface area contributed by atoms with Crippen molar-refractivity contribution in [3.8, 4) is 11.5 Å². The number of thiocarbonyl (C=S) groups is 2. The Bertz CT molecular complexity index is 512. The SMILES string of the molecule is CCNC(=S)NNC(=S)NCCc1ccc(OC)c(OC)c1. The van der Waals surface area contributed by atoms with Crippen LogP contribution in [0, 0.1) is 0 Å². The van der Waals surface area contributed by atoms with Gasteiger partial charge in [-0.05, 0) is 55.5 Å². The van der Waals surface area contributed by atoms with Gasteiger partial charge in [0.1, 0.15) is 0 Å². The van der Waals surface area contributed by atoms with Gasteiger partial charge >= 0.3 is 0 Å². The van der Waals surface area contributed by atoms with Crippen LogP contribution < -0.4 is 31.0 Å². The fraction of sp³-hybridized carbons (Fsp3) is 0.429. The van der Waals surface area contributed by atoms with Gasteiger partial charge in [0.15, 0.2) is 21.7 Å². The average Bonchev–Trinajstić information content (AvgIpc) is 2.53. The van der Waals surface area contributed by atoms with Crippen LogP contribution in [-0.4, -0.2) is 37.5 Å². The first kappa shape index (κ1) is 18.2. The second-order valence-corrected chi connectivity index (χ2v) is 5.12. The third kappa shape index (κ3) is 6.31. The summed E-state index contributed by atoms with van der Waals surface area (Å²) in [6, 6.07) is 5.84. The summed E-state index contributed by atoms with van der Waals surface area (Å²) in [7, 11) is 3.24. The van der Waals surface area contributed by atoms with E-state index in [0.717, 1.165) is 30.0 Å². The quantitative estimate of drug-likeness (QED) is 0.453. The first-order valence-electron chi connectivity index (χ1n) is 6.89. The molecule has 0 heterocycles. The molecule has 0 amide bonds. The van der Waals surface area contributed by atoms with Crippen LogP contribution in [0.25, 0.3) is 0 Å². The van der Waals surface area contributed by atoms with Gasteiger partial charge in [0.2, 0.25) is 0 Å². The maximum Gasteiger partial charge on any atom is 0.185 e. The van der Waals surface area contributed by atoms with E-state index in [1.807, 2.05) is 25.1 Å². The molecule has 0 fully saturated rings. The number of hydrazine groups is 1.